The van der Waals surface area contributed by atoms with E-state index < -0.39 is 0 Å². The SMILES string of the molecule is Clc1ccc(OC[C@H]2CCNC2)cc1. The average molecular weight is 212 g/mol. The Kier molecular flexibility index (Phi) is 3.27. The molecule has 0 unspecified atom stereocenters. The second kappa shape index (κ2) is 4.67. The number of hydrogen-bond donors (Lipinski definition) is 1. The van der Waals surface area contributed by atoms with Crippen LogP contribution in [0.4, 0.5) is 0 Å². The number of nitrogens with one attached hydrogen (secondary N) is 1. The van der Waals surface area contributed by atoms with E-state index in [2.05, 4.69) is 5.32 Å². The van der Waals surface area contributed by atoms with Crippen molar-refractivity contribution in [3.05, 3.63) is 29.3 Å². The van der Waals surface area contributed by atoms with Gasteiger partial charge in [0.05, 0.1) is 6.61 Å². The van der Waals surface area contributed by atoms with Crippen molar-refractivity contribution in [3.8, 4) is 5.75 Å². The highest BCUT2D eigenvalue weighted by atomic mass is 35.5. The lowest BCUT2D eigenvalue weighted by molar-refractivity contribution is 0.260. The van der Waals surface area contributed by atoms with E-state index in [0.29, 0.717) is 5.92 Å². The molecule has 2 nitrogen and oxygen atoms in total. The van der Waals surface area contributed by atoms with Gasteiger partial charge in [-0.1, -0.05) is 11.6 Å². The molecule has 0 amide bonds. The third-order valence-corrected chi connectivity index (χ3v) is 2.71. The Morgan fingerprint density at radius 1 is 1.36 bits per heavy atom. The maximum Gasteiger partial charge on any atom is 0.119 e. The average Bonchev–Trinajstić information content (AvgIpc) is 2.70. The van der Waals surface area contributed by atoms with E-state index in [1.807, 2.05) is 24.3 Å². The second-order valence-corrected chi connectivity index (χ2v) is 4.06. The topological polar surface area (TPSA) is 21.3 Å². The Balaban J connectivity index is 1.82. The first-order valence-electron chi connectivity index (χ1n) is 4.94. The lowest BCUT2D eigenvalue weighted by atomic mass is 10.1. The molecule has 0 aromatic heterocycles. The van der Waals surface area contributed by atoms with Crippen LogP contribution in [0.2, 0.25) is 5.02 Å². The fraction of sp³-hybridized carbons (Fsp3) is 0.455. The number of halogens is 1. The Bertz CT molecular complexity index is 280. The minimum Gasteiger partial charge on any atom is -0.493 e. The first kappa shape index (κ1) is 9.81. The molecule has 1 fully saturated rings. The number of hydrogen-bond acceptors (Lipinski definition) is 2. The van der Waals surface area contributed by atoms with Gasteiger partial charge in [0.15, 0.2) is 0 Å². The summed E-state index contributed by atoms with van der Waals surface area (Å²) >= 11 is 5.77. The van der Waals surface area contributed by atoms with E-state index in [1.165, 1.54) is 6.42 Å². The molecule has 1 atom stereocenters. The predicted molar refractivity (Wildman–Crippen MR) is 57.9 cm³/mol. The molecule has 0 radical (unpaired) electrons. The monoisotopic (exact) mass is 211 g/mol. The molecule has 1 aromatic rings. The molecular weight excluding hydrogens is 198 g/mol. The number of benzene rings is 1. The fourth-order valence-electron chi connectivity index (χ4n) is 1.60. The maximum absolute atomic E-state index is 5.77. The zero-order valence-corrected chi connectivity index (χ0v) is 8.76. The van der Waals surface area contributed by atoms with Crippen LogP contribution < -0.4 is 10.1 Å². The molecular formula is C11H14ClNO. The molecule has 1 aromatic carbocycles. The van der Waals surface area contributed by atoms with Gasteiger partial charge in [-0.05, 0) is 37.2 Å². The minimum absolute atomic E-state index is 0.658. The molecule has 0 saturated carbocycles. The van der Waals surface area contributed by atoms with Crippen molar-refractivity contribution in [2.45, 2.75) is 6.42 Å². The van der Waals surface area contributed by atoms with Crippen molar-refractivity contribution in [2.24, 2.45) is 5.92 Å². The number of ether oxygens (including phenoxy) is 1. The molecule has 0 bridgehead atoms. The van der Waals surface area contributed by atoms with Gasteiger partial charge in [0.25, 0.3) is 0 Å². The summed E-state index contributed by atoms with van der Waals surface area (Å²) in [6.45, 7) is 3.00. The van der Waals surface area contributed by atoms with Crippen molar-refractivity contribution in [2.75, 3.05) is 19.7 Å². The van der Waals surface area contributed by atoms with Crippen molar-refractivity contribution in [1.29, 1.82) is 0 Å². The summed E-state index contributed by atoms with van der Waals surface area (Å²) in [5, 5.41) is 4.07. The van der Waals surface area contributed by atoms with E-state index in [-0.39, 0.29) is 0 Å². The predicted octanol–water partition coefficient (Wildman–Crippen LogP) is 2.33. The summed E-state index contributed by atoms with van der Waals surface area (Å²) in [5.41, 5.74) is 0. The molecule has 1 aliphatic rings. The summed E-state index contributed by atoms with van der Waals surface area (Å²) in [4.78, 5) is 0. The highest BCUT2D eigenvalue weighted by molar-refractivity contribution is 6.30. The van der Waals surface area contributed by atoms with E-state index in [9.17, 15) is 0 Å². The van der Waals surface area contributed by atoms with E-state index >= 15 is 0 Å². The Morgan fingerprint density at radius 3 is 2.79 bits per heavy atom. The van der Waals surface area contributed by atoms with Crippen LogP contribution in [0.1, 0.15) is 6.42 Å². The lowest BCUT2D eigenvalue weighted by Crippen LogP contribution is -2.15. The summed E-state index contributed by atoms with van der Waals surface area (Å²) < 4.78 is 5.65. The van der Waals surface area contributed by atoms with Crippen LogP contribution in [0.15, 0.2) is 24.3 Å². The van der Waals surface area contributed by atoms with Crippen molar-refractivity contribution in [3.63, 3.8) is 0 Å². The van der Waals surface area contributed by atoms with Crippen molar-refractivity contribution in [1.82, 2.24) is 5.32 Å². The van der Waals surface area contributed by atoms with Crippen LogP contribution in [-0.4, -0.2) is 19.7 Å². The largest absolute Gasteiger partial charge is 0.493 e. The molecule has 0 aliphatic carbocycles. The van der Waals surface area contributed by atoms with Crippen LogP contribution in [0.25, 0.3) is 0 Å². The summed E-state index contributed by atoms with van der Waals surface area (Å²) in [7, 11) is 0. The van der Waals surface area contributed by atoms with Gasteiger partial charge in [-0.3, -0.25) is 0 Å². The van der Waals surface area contributed by atoms with Crippen molar-refractivity contribution < 1.29 is 4.74 Å². The van der Waals surface area contributed by atoms with Crippen LogP contribution in [0.5, 0.6) is 5.75 Å². The smallest absolute Gasteiger partial charge is 0.119 e. The normalized spacial score (nSPS) is 21.1. The molecule has 76 valence electrons. The molecule has 1 heterocycles. The molecule has 14 heavy (non-hydrogen) atoms. The molecule has 0 spiro atoms. The van der Waals surface area contributed by atoms with E-state index in [0.717, 1.165) is 30.5 Å². The molecule has 1 saturated heterocycles. The summed E-state index contributed by atoms with van der Waals surface area (Å²) in [5.74, 6) is 1.56. The highest BCUT2D eigenvalue weighted by Crippen LogP contribution is 2.17. The van der Waals surface area contributed by atoms with E-state index in [4.69, 9.17) is 16.3 Å². The molecule has 3 heteroatoms. The maximum atomic E-state index is 5.77. The quantitative estimate of drug-likeness (QED) is 0.829. The minimum atomic E-state index is 0.658. The van der Waals surface area contributed by atoms with Gasteiger partial charge in [0.1, 0.15) is 5.75 Å². The molecule has 1 aliphatic heterocycles. The zero-order valence-electron chi connectivity index (χ0n) is 8.00. The Hall–Kier alpha value is -0.730. The summed E-state index contributed by atoms with van der Waals surface area (Å²) in [6, 6.07) is 7.52. The van der Waals surface area contributed by atoms with Crippen molar-refractivity contribution >= 4 is 11.6 Å². The molecule has 2 rings (SSSR count). The first-order valence-corrected chi connectivity index (χ1v) is 5.31. The van der Waals surface area contributed by atoms with Gasteiger partial charge < -0.3 is 10.1 Å². The van der Waals surface area contributed by atoms with Gasteiger partial charge in [-0.2, -0.15) is 0 Å². The van der Waals surface area contributed by atoms with Gasteiger partial charge in [0.2, 0.25) is 0 Å². The third-order valence-electron chi connectivity index (χ3n) is 2.46. The van der Waals surface area contributed by atoms with Crippen LogP contribution in [-0.2, 0) is 0 Å². The summed E-state index contributed by atoms with van der Waals surface area (Å²) in [6.07, 6.45) is 1.22. The Morgan fingerprint density at radius 2 is 2.14 bits per heavy atom. The molecule has 1 N–H and O–H groups in total. The van der Waals surface area contributed by atoms with E-state index in [1.54, 1.807) is 0 Å². The van der Waals surface area contributed by atoms with Gasteiger partial charge in [-0.25, -0.2) is 0 Å². The van der Waals surface area contributed by atoms with Gasteiger partial charge >= 0.3 is 0 Å². The second-order valence-electron chi connectivity index (χ2n) is 3.62. The first-order chi connectivity index (χ1) is 6.84. The van der Waals surface area contributed by atoms with Crippen LogP contribution in [0, 0.1) is 5.92 Å². The zero-order chi connectivity index (χ0) is 9.80. The third kappa shape index (κ3) is 2.63. The van der Waals surface area contributed by atoms with Gasteiger partial charge in [0, 0.05) is 17.5 Å². The fourth-order valence-corrected chi connectivity index (χ4v) is 1.73. The Labute approximate surface area is 89.2 Å². The highest BCUT2D eigenvalue weighted by Gasteiger charge is 2.14. The van der Waals surface area contributed by atoms with Crippen LogP contribution in [0.3, 0.4) is 0 Å². The number of rotatable bonds is 3. The standard InChI is InChI=1S/C11H14ClNO/c12-10-1-3-11(4-2-10)14-8-9-5-6-13-7-9/h1-4,9,13H,5-8H2/t9-/m0/s1. The lowest BCUT2D eigenvalue weighted by Gasteiger charge is -2.10. The van der Waals surface area contributed by atoms with Crippen LogP contribution >= 0.6 is 11.6 Å². The van der Waals surface area contributed by atoms with Gasteiger partial charge in [-0.15, -0.1) is 0 Å².